The molecule has 1 aliphatic rings. The molecule has 0 amide bonds. The second-order valence-corrected chi connectivity index (χ2v) is 7.25. The molecule has 0 spiro atoms. The fourth-order valence-electron chi connectivity index (χ4n) is 2.52. The van der Waals surface area contributed by atoms with Crippen LogP contribution in [0.2, 0.25) is 0 Å². The van der Waals surface area contributed by atoms with Crippen LogP contribution in [0.3, 0.4) is 0 Å². The Balaban J connectivity index is 2.07. The minimum Gasteiger partial charge on any atom is -0.301 e. The number of nitrogens with one attached hydrogen (secondary N) is 1. The zero-order valence-corrected chi connectivity index (χ0v) is 13.2. The lowest BCUT2D eigenvalue weighted by Gasteiger charge is -2.26. The molecule has 1 N–H and O–H groups in total. The Labute approximate surface area is 125 Å². The number of benzene rings is 1. The Hall–Kier alpha value is -1.02. The lowest BCUT2D eigenvalue weighted by molar-refractivity contribution is 0.297. The van der Waals surface area contributed by atoms with Gasteiger partial charge in [-0.3, -0.25) is 0 Å². The van der Waals surface area contributed by atoms with Gasteiger partial charge in [-0.25, -0.2) is 9.11 Å². The predicted octanol–water partition coefficient (Wildman–Crippen LogP) is 1.36. The molecule has 1 aromatic rings. The molecule has 2 rings (SSSR count). The number of nitrogens with zero attached hydrogens (tertiary/aromatic N) is 2. The normalized spacial score (nSPS) is 18.3. The Morgan fingerprint density at radius 3 is 2.57 bits per heavy atom. The highest BCUT2D eigenvalue weighted by Crippen LogP contribution is 2.19. The van der Waals surface area contributed by atoms with Gasteiger partial charge in [0, 0.05) is 25.7 Å². The van der Waals surface area contributed by atoms with Crippen LogP contribution in [0.4, 0.5) is 4.39 Å². The standard InChI is InChI=1S/C14H22FN3O2S/c1-17(2)14(12-6-5-7-13(15)10-12)11-16-21(19,20)18-8-3-4-9-18/h5-7,10,14,16H,3-4,8-9,11H2,1-2H3. The number of hydrogen-bond acceptors (Lipinski definition) is 3. The van der Waals surface area contributed by atoms with Crippen LogP contribution in [0, 0.1) is 5.82 Å². The minimum absolute atomic E-state index is 0.210. The van der Waals surface area contributed by atoms with Gasteiger partial charge in [-0.15, -0.1) is 0 Å². The maximum atomic E-state index is 13.3. The summed E-state index contributed by atoms with van der Waals surface area (Å²) in [4.78, 5) is 1.88. The SMILES string of the molecule is CN(C)C(CNS(=O)(=O)N1CCCC1)c1cccc(F)c1. The average molecular weight is 315 g/mol. The fourth-order valence-corrected chi connectivity index (χ4v) is 3.81. The van der Waals surface area contributed by atoms with Crippen molar-refractivity contribution in [1.29, 1.82) is 0 Å². The van der Waals surface area contributed by atoms with Gasteiger partial charge in [-0.05, 0) is 44.6 Å². The number of hydrogen-bond donors (Lipinski definition) is 1. The molecule has 1 saturated heterocycles. The van der Waals surface area contributed by atoms with E-state index in [4.69, 9.17) is 0 Å². The zero-order valence-electron chi connectivity index (χ0n) is 12.4. The molecule has 5 nitrogen and oxygen atoms in total. The van der Waals surface area contributed by atoms with E-state index < -0.39 is 10.2 Å². The van der Waals surface area contributed by atoms with Gasteiger partial charge in [0.2, 0.25) is 0 Å². The van der Waals surface area contributed by atoms with Crippen LogP contribution in [0.5, 0.6) is 0 Å². The lowest BCUT2D eigenvalue weighted by Crippen LogP contribution is -2.42. The van der Waals surface area contributed by atoms with Crippen LogP contribution in [0.1, 0.15) is 24.4 Å². The van der Waals surface area contributed by atoms with Crippen molar-refractivity contribution in [1.82, 2.24) is 13.9 Å². The van der Waals surface area contributed by atoms with E-state index in [-0.39, 0.29) is 18.4 Å². The third-order valence-corrected chi connectivity index (χ3v) is 5.30. The monoisotopic (exact) mass is 315 g/mol. The van der Waals surface area contributed by atoms with E-state index >= 15 is 0 Å². The molecule has 118 valence electrons. The molecule has 1 aromatic carbocycles. The molecule has 1 unspecified atom stereocenters. The third kappa shape index (κ3) is 4.23. The topological polar surface area (TPSA) is 52.7 Å². The van der Waals surface area contributed by atoms with Gasteiger partial charge in [0.15, 0.2) is 0 Å². The van der Waals surface area contributed by atoms with Gasteiger partial charge < -0.3 is 4.90 Å². The summed E-state index contributed by atoms with van der Waals surface area (Å²) >= 11 is 0. The van der Waals surface area contributed by atoms with Gasteiger partial charge >= 0.3 is 0 Å². The quantitative estimate of drug-likeness (QED) is 0.862. The van der Waals surface area contributed by atoms with Crippen LogP contribution in [0.15, 0.2) is 24.3 Å². The molecule has 1 atom stereocenters. The highest BCUT2D eigenvalue weighted by molar-refractivity contribution is 7.87. The first-order valence-electron chi connectivity index (χ1n) is 7.07. The van der Waals surface area contributed by atoms with Crippen molar-refractivity contribution in [3.8, 4) is 0 Å². The van der Waals surface area contributed by atoms with Crippen LogP contribution < -0.4 is 4.72 Å². The van der Waals surface area contributed by atoms with Crippen LogP contribution in [-0.2, 0) is 10.2 Å². The van der Waals surface area contributed by atoms with Gasteiger partial charge in [-0.1, -0.05) is 12.1 Å². The van der Waals surface area contributed by atoms with Crippen molar-refractivity contribution in [3.63, 3.8) is 0 Å². The zero-order chi connectivity index (χ0) is 15.5. The number of rotatable bonds is 6. The molecule has 1 fully saturated rings. The highest BCUT2D eigenvalue weighted by Gasteiger charge is 2.26. The number of halogens is 1. The Kier molecular flexibility index (Phi) is 5.32. The van der Waals surface area contributed by atoms with E-state index in [1.54, 1.807) is 12.1 Å². The molecule has 0 saturated carbocycles. The molecular formula is C14H22FN3O2S. The van der Waals surface area contributed by atoms with E-state index in [2.05, 4.69) is 4.72 Å². The fraction of sp³-hybridized carbons (Fsp3) is 0.571. The molecular weight excluding hydrogens is 293 g/mol. The van der Waals surface area contributed by atoms with Crippen molar-refractivity contribution in [2.45, 2.75) is 18.9 Å². The molecule has 1 aliphatic heterocycles. The first-order chi connectivity index (χ1) is 9.90. The van der Waals surface area contributed by atoms with E-state index in [1.165, 1.54) is 16.4 Å². The van der Waals surface area contributed by atoms with E-state index in [1.807, 2.05) is 19.0 Å². The van der Waals surface area contributed by atoms with Crippen LogP contribution in [0.25, 0.3) is 0 Å². The third-order valence-electron chi connectivity index (χ3n) is 3.72. The largest absolute Gasteiger partial charge is 0.301 e. The highest BCUT2D eigenvalue weighted by atomic mass is 32.2. The first kappa shape index (κ1) is 16.4. The minimum atomic E-state index is -3.44. The van der Waals surface area contributed by atoms with E-state index in [0.29, 0.717) is 13.1 Å². The summed E-state index contributed by atoms with van der Waals surface area (Å²) in [5.74, 6) is -0.318. The van der Waals surface area contributed by atoms with E-state index in [9.17, 15) is 12.8 Å². The summed E-state index contributed by atoms with van der Waals surface area (Å²) in [6.07, 6.45) is 1.81. The Morgan fingerprint density at radius 2 is 2.00 bits per heavy atom. The summed E-state index contributed by atoms with van der Waals surface area (Å²) in [6, 6.07) is 6.05. The maximum Gasteiger partial charge on any atom is 0.279 e. The molecule has 21 heavy (non-hydrogen) atoms. The Bertz CT molecular complexity index is 571. The molecule has 0 aromatic heterocycles. The summed E-state index contributed by atoms with van der Waals surface area (Å²) in [7, 11) is 0.250. The van der Waals surface area contributed by atoms with Crippen molar-refractivity contribution >= 4 is 10.2 Å². The van der Waals surface area contributed by atoms with Crippen molar-refractivity contribution < 1.29 is 12.8 Å². The second-order valence-electron chi connectivity index (χ2n) is 5.49. The summed E-state index contributed by atoms with van der Waals surface area (Å²) in [6.45, 7) is 1.36. The first-order valence-corrected chi connectivity index (χ1v) is 8.51. The van der Waals surface area contributed by atoms with Crippen LogP contribution >= 0.6 is 0 Å². The smallest absolute Gasteiger partial charge is 0.279 e. The average Bonchev–Trinajstić information content (AvgIpc) is 2.93. The van der Waals surface area contributed by atoms with Crippen molar-refractivity contribution in [2.24, 2.45) is 0 Å². The summed E-state index contributed by atoms with van der Waals surface area (Å²) < 4.78 is 41.8. The van der Waals surface area contributed by atoms with Gasteiger partial charge in [0.05, 0.1) is 0 Å². The summed E-state index contributed by atoms with van der Waals surface area (Å²) in [5.41, 5.74) is 0.754. The van der Waals surface area contributed by atoms with Crippen molar-refractivity contribution in [3.05, 3.63) is 35.6 Å². The van der Waals surface area contributed by atoms with Crippen LogP contribution in [-0.4, -0.2) is 51.4 Å². The second kappa shape index (κ2) is 6.83. The summed E-state index contributed by atoms with van der Waals surface area (Å²) in [5, 5.41) is 0. The van der Waals surface area contributed by atoms with Crippen molar-refractivity contribution in [2.75, 3.05) is 33.7 Å². The molecule has 0 radical (unpaired) electrons. The molecule has 0 bridgehead atoms. The molecule has 1 heterocycles. The molecule has 0 aliphatic carbocycles. The molecule has 7 heteroatoms. The maximum absolute atomic E-state index is 13.3. The van der Waals surface area contributed by atoms with E-state index in [0.717, 1.165) is 18.4 Å². The Morgan fingerprint density at radius 1 is 1.33 bits per heavy atom. The van der Waals surface area contributed by atoms with Gasteiger partial charge in [-0.2, -0.15) is 12.7 Å². The number of likely N-dealkylation sites (N-methyl/N-ethyl adjacent to an activating group) is 1. The van der Waals surface area contributed by atoms with Gasteiger partial charge in [0.25, 0.3) is 10.2 Å². The lowest BCUT2D eigenvalue weighted by atomic mass is 10.1. The van der Waals surface area contributed by atoms with Gasteiger partial charge in [0.1, 0.15) is 5.82 Å². The predicted molar refractivity (Wildman–Crippen MR) is 80.6 cm³/mol.